The largest absolute Gasteiger partial charge is 0.484 e. The van der Waals surface area contributed by atoms with Crippen LogP contribution in [0.2, 0.25) is 0 Å². The van der Waals surface area contributed by atoms with Crippen molar-refractivity contribution in [2.45, 2.75) is 51.0 Å². The van der Waals surface area contributed by atoms with E-state index in [2.05, 4.69) is 4.98 Å². The highest BCUT2D eigenvalue weighted by Gasteiger charge is 2.30. The van der Waals surface area contributed by atoms with Gasteiger partial charge in [-0.1, -0.05) is 0 Å². The maximum absolute atomic E-state index is 9.40. The summed E-state index contributed by atoms with van der Waals surface area (Å²) in [5.74, 6) is 6.76. The summed E-state index contributed by atoms with van der Waals surface area (Å²) in [6, 6.07) is 6.04. The summed E-state index contributed by atoms with van der Waals surface area (Å²) < 4.78 is 11.6. The first-order valence-electron chi connectivity index (χ1n) is 9.34. The Balaban J connectivity index is 1.50. The fourth-order valence-corrected chi connectivity index (χ4v) is 3.57. The zero-order chi connectivity index (χ0) is 19.0. The quantitative estimate of drug-likeness (QED) is 0.542. The van der Waals surface area contributed by atoms with Gasteiger partial charge in [0.25, 0.3) is 0 Å². The molecule has 2 aliphatic rings. The normalized spacial score (nSPS) is 23.4. The zero-order valence-corrected chi connectivity index (χ0v) is 15.5. The Kier molecular flexibility index (Phi) is 4.90. The zero-order valence-electron chi connectivity index (χ0n) is 15.5. The van der Waals surface area contributed by atoms with Crippen molar-refractivity contribution in [3.8, 4) is 5.75 Å². The summed E-state index contributed by atoms with van der Waals surface area (Å²) in [4.78, 5) is 4.52. The minimum atomic E-state index is -0.325. The average molecular weight is 370 g/mol. The minimum Gasteiger partial charge on any atom is -0.484 e. The van der Waals surface area contributed by atoms with Crippen LogP contribution in [0.4, 0.5) is 0 Å². The molecule has 5 N–H and O–H groups in total. The number of nitrogens with zero attached hydrogens (tertiary/aromatic N) is 2. The van der Waals surface area contributed by atoms with E-state index in [1.807, 2.05) is 31.3 Å². The van der Waals surface area contributed by atoms with Crippen molar-refractivity contribution in [3.05, 3.63) is 47.4 Å². The number of hydrazine groups is 1. The number of hydrogen-bond acceptors (Lipinski definition) is 7. The van der Waals surface area contributed by atoms with Crippen molar-refractivity contribution in [1.29, 1.82) is 0 Å². The Bertz CT molecular complexity index is 864. The van der Waals surface area contributed by atoms with Crippen LogP contribution in [-0.4, -0.2) is 40.0 Å². The van der Waals surface area contributed by atoms with Gasteiger partial charge in [0.15, 0.2) is 0 Å². The molecule has 1 aromatic heterocycles. The van der Waals surface area contributed by atoms with Crippen molar-refractivity contribution in [3.63, 3.8) is 0 Å². The molecular weight excluding hydrogens is 344 g/mol. The molecule has 7 heteroatoms. The molecule has 2 heterocycles. The monoisotopic (exact) mass is 370 g/mol. The second-order valence-electron chi connectivity index (χ2n) is 7.36. The van der Waals surface area contributed by atoms with Crippen LogP contribution in [-0.2, 0) is 17.8 Å². The lowest BCUT2D eigenvalue weighted by Gasteiger charge is -2.37. The van der Waals surface area contributed by atoms with Gasteiger partial charge in [0, 0.05) is 23.8 Å². The predicted octanol–water partition coefficient (Wildman–Crippen LogP) is 1.57. The molecule has 0 bridgehead atoms. The van der Waals surface area contributed by atoms with Gasteiger partial charge in [-0.05, 0) is 55.5 Å². The maximum atomic E-state index is 9.40. The van der Waals surface area contributed by atoms with Crippen LogP contribution in [0.5, 0.6) is 5.75 Å². The molecule has 1 unspecified atom stereocenters. The Labute approximate surface area is 158 Å². The van der Waals surface area contributed by atoms with Crippen LogP contribution in [0.3, 0.4) is 0 Å². The van der Waals surface area contributed by atoms with Crippen LogP contribution in [0.25, 0.3) is 10.9 Å². The number of aliphatic hydroxyl groups excluding tert-OH is 1. The lowest BCUT2D eigenvalue weighted by molar-refractivity contribution is 0.0195. The molecule has 4 rings (SSSR count). The van der Waals surface area contributed by atoms with Gasteiger partial charge in [0.2, 0.25) is 0 Å². The average Bonchev–Trinajstić information content (AvgIpc) is 2.65. The third-order valence-electron chi connectivity index (χ3n) is 5.38. The molecule has 7 nitrogen and oxygen atoms in total. The fourth-order valence-electron chi connectivity index (χ4n) is 3.57. The molecule has 0 amide bonds. The second kappa shape index (κ2) is 7.34. The topological polar surface area (TPSA) is 107 Å². The molecule has 1 aliphatic carbocycles. The van der Waals surface area contributed by atoms with Gasteiger partial charge >= 0.3 is 0 Å². The number of pyridine rings is 1. The van der Waals surface area contributed by atoms with E-state index in [4.69, 9.17) is 21.1 Å². The minimum absolute atomic E-state index is 0.131. The summed E-state index contributed by atoms with van der Waals surface area (Å²) in [5.41, 5.74) is 10.1. The third-order valence-corrected chi connectivity index (χ3v) is 5.38. The highest BCUT2D eigenvalue weighted by Crippen LogP contribution is 2.29. The van der Waals surface area contributed by atoms with Gasteiger partial charge in [-0.15, -0.1) is 0 Å². The van der Waals surface area contributed by atoms with Gasteiger partial charge in [0.1, 0.15) is 11.9 Å². The smallest absolute Gasteiger partial charge is 0.136 e. The molecule has 0 spiro atoms. The SMILES string of the molecule is CC(Oc1ccc2ncc3c(c2c1)CCOC3)/C(N)=C/N(N)C1CC(O)C1. The molecule has 0 saturated heterocycles. The van der Waals surface area contributed by atoms with Crippen LogP contribution in [0, 0.1) is 0 Å². The van der Waals surface area contributed by atoms with Gasteiger partial charge < -0.3 is 25.3 Å². The molecule has 0 radical (unpaired) electrons. The van der Waals surface area contributed by atoms with E-state index in [9.17, 15) is 5.11 Å². The van der Waals surface area contributed by atoms with E-state index in [0.29, 0.717) is 25.1 Å². The summed E-state index contributed by atoms with van der Waals surface area (Å²) in [7, 11) is 0. The molecule has 1 aromatic carbocycles. The summed E-state index contributed by atoms with van der Waals surface area (Å²) in [5, 5.41) is 12.1. The number of aliphatic hydroxyl groups is 1. The van der Waals surface area contributed by atoms with E-state index in [1.54, 1.807) is 11.2 Å². The molecule has 27 heavy (non-hydrogen) atoms. The van der Waals surface area contributed by atoms with Gasteiger partial charge in [-0.3, -0.25) is 4.98 Å². The number of aromatic nitrogens is 1. The number of nitrogens with two attached hydrogens (primary N) is 2. The standard InChI is InChI=1S/C20H26N4O3/c1-12(19(21)10-24(22)14-6-15(25)7-14)27-16-2-3-20-18(8-16)17-4-5-26-11-13(17)9-23-20/h2-3,8-10,12,14-15,25H,4-7,11,21-22H2,1H3/b19-10-. The van der Waals surface area contributed by atoms with E-state index in [1.165, 1.54) is 5.56 Å². The third kappa shape index (κ3) is 3.71. The van der Waals surface area contributed by atoms with E-state index in [0.717, 1.165) is 35.2 Å². The first kappa shape index (κ1) is 18.0. The van der Waals surface area contributed by atoms with Crippen molar-refractivity contribution in [2.75, 3.05) is 6.61 Å². The molecule has 144 valence electrons. The van der Waals surface area contributed by atoms with E-state index >= 15 is 0 Å². The molecule has 1 fully saturated rings. The summed E-state index contributed by atoms with van der Waals surface area (Å²) >= 11 is 0. The summed E-state index contributed by atoms with van der Waals surface area (Å²) in [6.07, 6.45) is 5.23. The number of hydrogen-bond donors (Lipinski definition) is 3. The van der Waals surface area contributed by atoms with Gasteiger partial charge in [-0.25, -0.2) is 5.84 Å². The highest BCUT2D eigenvalue weighted by molar-refractivity contribution is 5.84. The summed E-state index contributed by atoms with van der Waals surface area (Å²) in [6.45, 7) is 3.23. The predicted molar refractivity (Wildman–Crippen MR) is 103 cm³/mol. The number of rotatable bonds is 5. The van der Waals surface area contributed by atoms with Crippen molar-refractivity contribution < 1.29 is 14.6 Å². The van der Waals surface area contributed by atoms with Crippen LogP contribution in [0.15, 0.2) is 36.3 Å². The molecule has 1 saturated carbocycles. The van der Waals surface area contributed by atoms with Crippen molar-refractivity contribution in [2.24, 2.45) is 11.6 Å². The number of ether oxygens (including phenoxy) is 2. The molecule has 1 atom stereocenters. The Morgan fingerprint density at radius 2 is 2.26 bits per heavy atom. The van der Waals surface area contributed by atoms with Crippen LogP contribution >= 0.6 is 0 Å². The Hall–Kier alpha value is -2.35. The van der Waals surface area contributed by atoms with Gasteiger partial charge in [-0.2, -0.15) is 0 Å². The number of benzene rings is 1. The maximum Gasteiger partial charge on any atom is 0.136 e. The van der Waals surface area contributed by atoms with Crippen LogP contribution in [0.1, 0.15) is 30.9 Å². The fraction of sp³-hybridized carbons (Fsp3) is 0.450. The van der Waals surface area contributed by atoms with Crippen molar-refractivity contribution in [1.82, 2.24) is 9.99 Å². The van der Waals surface area contributed by atoms with E-state index < -0.39 is 0 Å². The lowest BCUT2D eigenvalue weighted by atomic mass is 9.89. The number of fused-ring (bicyclic) bond motifs is 3. The first-order valence-corrected chi connectivity index (χ1v) is 9.34. The van der Waals surface area contributed by atoms with Crippen molar-refractivity contribution >= 4 is 10.9 Å². The molecule has 2 aromatic rings. The molecular formula is C20H26N4O3. The highest BCUT2D eigenvalue weighted by atomic mass is 16.5. The van der Waals surface area contributed by atoms with Gasteiger partial charge in [0.05, 0.1) is 30.5 Å². The van der Waals surface area contributed by atoms with Crippen LogP contribution < -0.4 is 16.3 Å². The Morgan fingerprint density at radius 1 is 1.44 bits per heavy atom. The molecule has 1 aliphatic heterocycles. The second-order valence-corrected chi connectivity index (χ2v) is 7.36. The first-order chi connectivity index (χ1) is 13.0. The lowest BCUT2D eigenvalue weighted by Crippen LogP contribution is -2.48. The Morgan fingerprint density at radius 3 is 3.04 bits per heavy atom. The van der Waals surface area contributed by atoms with E-state index in [-0.39, 0.29) is 18.2 Å².